The van der Waals surface area contributed by atoms with Crippen LogP contribution in [0.4, 0.5) is 0 Å². The van der Waals surface area contributed by atoms with E-state index < -0.39 is 0 Å². The first-order valence-corrected chi connectivity index (χ1v) is 8.39. The molecule has 2 N–H and O–H groups in total. The molecule has 23 heavy (non-hydrogen) atoms. The van der Waals surface area contributed by atoms with Crippen molar-refractivity contribution < 1.29 is 14.3 Å². The van der Waals surface area contributed by atoms with Gasteiger partial charge in [-0.2, -0.15) is 0 Å². The zero-order valence-electron chi connectivity index (χ0n) is 13.2. The number of rotatable bonds is 5. The minimum atomic E-state index is -0.284. The van der Waals surface area contributed by atoms with Crippen molar-refractivity contribution in [2.75, 3.05) is 13.7 Å². The number of nitrogens with one attached hydrogen (secondary N) is 2. The first kappa shape index (κ1) is 14.5. The van der Waals surface area contributed by atoms with Crippen LogP contribution in [-0.2, 0) is 4.79 Å². The number of hydrogen-bond acceptors (Lipinski definition) is 3. The van der Waals surface area contributed by atoms with Gasteiger partial charge in [0.05, 0.1) is 19.2 Å². The molecule has 122 valence electrons. The molecule has 1 unspecified atom stereocenters. The van der Waals surface area contributed by atoms with Crippen molar-refractivity contribution in [2.45, 2.75) is 25.3 Å². The minimum absolute atomic E-state index is 0.0160. The van der Waals surface area contributed by atoms with Crippen LogP contribution in [0.3, 0.4) is 0 Å². The third-order valence-electron chi connectivity index (χ3n) is 5.82. The third-order valence-corrected chi connectivity index (χ3v) is 5.82. The van der Waals surface area contributed by atoms with Gasteiger partial charge in [0.25, 0.3) is 5.91 Å². The molecule has 3 aliphatic carbocycles. The lowest BCUT2D eigenvalue weighted by Gasteiger charge is -2.12. The molecule has 0 spiro atoms. The molecule has 2 bridgehead atoms. The molecule has 0 saturated heterocycles. The Hall–Kier alpha value is -2.04. The number of carbonyl (C=O) groups excluding carboxylic acids is 2. The fraction of sp³-hybridized carbons (Fsp3) is 0.556. The van der Waals surface area contributed by atoms with Gasteiger partial charge in [-0.25, -0.2) is 0 Å². The number of carbonyl (C=O) groups is 2. The molecule has 3 saturated carbocycles. The van der Waals surface area contributed by atoms with Crippen LogP contribution in [0.15, 0.2) is 24.3 Å². The van der Waals surface area contributed by atoms with Gasteiger partial charge >= 0.3 is 0 Å². The van der Waals surface area contributed by atoms with Crippen LogP contribution in [0.2, 0.25) is 0 Å². The van der Waals surface area contributed by atoms with E-state index >= 15 is 0 Å². The summed E-state index contributed by atoms with van der Waals surface area (Å²) in [6.07, 6.45) is 4.04. The lowest BCUT2D eigenvalue weighted by atomic mass is 10.0. The van der Waals surface area contributed by atoms with Crippen LogP contribution < -0.4 is 15.4 Å². The second-order valence-electron chi connectivity index (χ2n) is 6.96. The molecule has 3 aliphatic rings. The molecule has 2 amide bonds. The largest absolute Gasteiger partial charge is 0.496 e. The Balaban J connectivity index is 1.28. The summed E-state index contributed by atoms with van der Waals surface area (Å²) in [6.45, 7) is 0.0160. The number of amides is 2. The minimum Gasteiger partial charge on any atom is -0.496 e. The van der Waals surface area contributed by atoms with E-state index in [0.29, 0.717) is 29.2 Å². The predicted molar refractivity (Wildman–Crippen MR) is 85.1 cm³/mol. The van der Waals surface area contributed by atoms with E-state index in [0.717, 1.165) is 11.8 Å². The molecule has 0 heterocycles. The van der Waals surface area contributed by atoms with Crippen molar-refractivity contribution in [2.24, 2.45) is 23.7 Å². The number of benzene rings is 1. The maximum atomic E-state index is 12.2. The number of ether oxygens (including phenoxy) is 1. The molecule has 5 atom stereocenters. The van der Waals surface area contributed by atoms with Gasteiger partial charge in [-0.05, 0) is 55.1 Å². The normalized spacial score (nSPS) is 33.0. The van der Waals surface area contributed by atoms with E-state index in [1.54, 1.807) is 18.2 Å². The van der Waals surface area contributed by atoms with Gasteiger partial charge in [0.15, 0.2) is 0 Å². The summed E-state index contributed by atoms with van der Waals surface area (Å²) in [4.78, 5) is 24.3. The SMILES string of the molecule is COc1ccccc1C(=O)NCC(=O)NC1[C@@H]2[C@H]3CC[C@@H](C3)[C@H]12. The van der Waals surface area contributed by atoms with Crippen molar-refractivity contribution in [3.05, 3.63) is 29.8 Å². The maximum Gasteiger partial charge on any atom is 0.255 e. The van der Waals surface area contributed by atoms with Crippen molar-refractivity contribution >= 4 is 11.8 Å². The number of para-hydroxylation sites is 1. The van der Waals surface area contributed by atoms with E-state index in [4.69, 9.17) is 4.74 Å². The second-order valence-corrected chi connectivity index (χ2v) is 6.96. The number of methoxy groups -OCH3 is 1. The molecular weight excluding hydrogens is 292 g/mol. The van der Waals surface area contributed by atoms with Crippen molar-refractivity contribution in [3.8, 4) is 5.75 Å². The molecule has 0 radical (unpaired) electrons. The highest BCUT2D eigenvalue weighted by atomic mass is 16.5. The number of hydrogen-bond donors (Lipinski definition) is 2. The van der Waals surface area contributed by atoms with E-state index in [-0.39, 0.29) is 18.4 Å². The average molecular weight is 314 g/mol. The van der Waals surface area contributed by atoms with Gasteiger partial charge in [-0.1, -0.05) is 12.1 Å². The molecule has 5 nitrogen and oxygen atoms in total. The zero-order chi connectivity index (χ0) is 16.0. The van der Waals surface area contributed by atoms with Crippen LogP contribution in [0.25, 0.3) is 0 Å². The Bertz CT molecular complexity index is 629. The molecular formula is C18H22N2O3. The highest BCUT2D eigenvalue weighted by Crippen LogP contribution is 2.65. The first-order chi connectivity index (χ1) is 11.2. The van der Waals surface area contributed by atoms with Crippen LogP contribution in [0.1, 0.15) is 29.6 Å². The molecule has 0 aliphatic heterocycles. The van der Waals surface area contributed by atoms with Crippen LogP contribution >= 0.6 is 0 Å². The van der Waals surface area contributed by atoms with Crippen molar-refractivity contribution in [1.29, 1.82) is 0 Å². The Morgan fingerprint density at radius 2 is 1.87 bits per heavy atom. The summed E-state index contributed by atoms with van der Waals surface area (Å²) in [5.41, 5.74) is 0.448. The van der Waals surface area contributed by atoms with Crippen LogP contribution in [0, 0.1) is 23.7 Å². The molecule has 3 fully saturated rings. The monoisotopic (exact) mass is 314 g/mol. The fourth-order valence-electron chi connectivity index (χ4n) is 4.84. The molecule has 1 aromatic carbocycles. The predicted octanol–water partition coefficient (Wildman–Crippen LogP) is 1.59. The topological polar surface area (TPSA) is 67.4 Å². The quantitative estimate of drug-likeness (QED) is 0.867. The highest BCUT2D eigenvalue weighted by Gasteiger charge is 2.65. The summed E-state index contributed by atoms with van der Waals surface area (Å²) in [7, 11) is 1.53. The van der Waals surface area contributed by atoms with Gasteiger partial charge in [-0.3, -0.25) is 9.59 Å². The standard InChI is InChI=1S/C18H22N2O3/c1-23-13-5-3-2-4-12(13)18(22)19-9-14(21)20-17-15-10-6-7-11(8-10)16(15)17/h2-5,10-11,15-17H,6-9H2,1H3,(H,19,22)(H,20,21)/t10-,11-,15-,16+,17?/m0/s1. The molecule has 4 rings (SSSR count). The lowest BCUT2D eigenvalue weighted by molar-refractivity contribution is -0.120. The first-order valence-electron chi connectivity index (χ1n) is 8.39. The van der Waals surface area contributed by atoms with E-state index in [2.05, 4.69) is 10.6 Å². The van der Waals surface area contributed by atoms with E-state index in [9.17, 15) is 9.59 Å². The summed E-state index contributed by atoms with van der Waals surface area (Å²) in [5.74, 6) is 3.22. The van der Waals surface area contributed by atoms with E-state index in [1.165, 1.54) is 26.4 Å². The zero-order valence-corrected chi connectivity index (χ0v) is 13.2. The van der Waals surface area contributed by atoms with Crippen LogP contribution in [0.5, 0.6) is 5.75 Å². The smallest absolute Gasteiger partial charge is 0.255 e. The van der Waals surface area contributed by atoms with Gasteiger partial charge in [0.1, 0.15) is 5.75 Å². The van der Waals surface area contributed by atoms with Gasteiger partial charge in [0, 0.05) is 6.04 Å². The summed E-state index contributed by atoms with van der Waals surface area (Å²) < 4.78 is 5.17. The Morgan fingerprint density at radius 3 is 2.57 bits per heavy atom. The number of fused-ring (bicyclic) bond motifs is 5. The Labute approximate surface area is 135 Å². The average Bonchev–Trinajstić information content (AvgIpc) is 2.95. The highest BCUT2D eigenvalue weighted by molar-refractivity contribution is 5.98. The second kappa shape index (κ2) is 5.55. The summed E-state index contributed by atoms with van der Waals surface area (Å²) in [6, 6.07) is 7.36. The lowest BCUT2D eigenvalue weighted by Crippen LogP contribution is -2.39. The van der Waals surface area contributed by atoms with Crippen molar-refractivity contribution in [3.63, 3.8) is 0 Å². The summed E-state index contributed by atoms with van der Waals surface area (Å²) >= 11 is 0. The summed E-state index contributed by atoms with van der Waals surface area (Å²) in [5, 5.41) is 5.79. The van der Waals surface area contributed by atoms with E-state index in [1.807, 2.05) is 6.07 Å². The molecule has 1 aromatic rings. The van der Waals surface area contributed by atoms with Crippen molar-refractivity contribution in [1.82, 2.24) is 10.6 Å². The fourth-order valence-corrected chi connectivity index (χ4v) is 4.84. The van der Waals surface area contributed by atoms with Gasteiger partial charge in [-0.15, -0.1) is 0 Å². The van der Waals surface area contributed by atoms with Crippen LogP contribution in [-0.4, -0.2) is 31.5 Å². The Kier molecular flexibility index (Phi) is 3.51. The third kappa shape index (κ3) is 2.48. The molecule has 0 aromatic heterocycles. The maximum absolute atomic E-state index is 12.2. The molecule has 5 heteroatoms. The Morgan fingerprint density at radius 1 is 1.17 bits per heavy atom. The van der Waals surface area contributed by atoms with Gasteiger partial charge < -0.3 is 15.4 Å². The van der Waals surface area contributed by atoms with Gasteiger partial charge in [0.2, 0.25) is 5.91 Å².